The molecule has 0 aliphatic rings. The van der Waals surface area contributed by atoms with Crippen molar-refractivity contribution in [2.24, 2.45) is 0 Å². The zero-order valence-corrected chi connectivity index (χ0v) is 27.8. The highest BCUT2D eigenvalue weighted by molar-refractivity contribution is 6.74. The molecule has 0 saturated heterocycles. The zero-order chi connectivity index (χ0) is 30.3. The molecule has 240 valence electrons. The number of carbonyl (C=O) groups is 1. The van der Waals surface area contributed by atoms with Gasteiger partial charge in [-0.3, -0.25) is 0 Å². The second-order valence-corrected chi connectivity index (χ2v) is 16.6. The summed E-state index contributed by atoms with van der Waals surface area (Å²) < 4.78 is 49.8. The van der Waals surface area contributed by atoms with Crippen LogP contribution in [-0.4, -0.2) is 138 Å². The molecule has 0 fully saturated rings. The van der Waals surface area contributed by atoms with E-state index < -0.39 is 13.9 Å². The van der Waals surface area contributed by atoms with Gasteiger partial charge in [0.05, 0.1) is 99.1 Å². The standard InChI is InChI=1S/C28H59NO10Si/c1-27(2,3)39-26(30)29(7)10-11-31-12-13-32-14-15-33-16-17-34-18-19-35-20-21-36-22-23-37-24-25-38-40(8,9)28(4,5)6/h10-25H2,1-9H3. The number of likely N-dealkylation sites (N-methyl/N-ethyl adjacent to an activating group) is 1. The summed E-state index contributed by atoms with van der Waals surface area (Å²) in [6.07, 6.45) is -0.359. The van der Waals surface area contributed by atoms with Crippen LogP contribution >= 0.6 is 0 Å². The maximum atomic E-state index is 11.8. The SMILES string of the molecule is CN(CCOCCOCCOCCOCCOCCOCCOCCO[Si](C)(C)C(C)(C)C)C(=O)OC(C)(C)C. The van der Waals surface area contributed by atoms with E-state index in [0.717, 1.165) is 0 Å². The van der Waals surface area contributed by atoms with Crippen LogP contribution in [0.25, 0.3) is 0 Å². The van der Waals surface area contributed by atoms with Crippen molar-refractivity contribution in [3.63, 3.8) is 0 Å². The quantitative estimate of drug-likeness (QED) is 0.113. The Balaban J connectivity index is 3.27. The van der Waals surface area contributed by atoms with Crippen molar-refractivity contribution < 1.29 is 47.1 Å². The molecule has 12 heteroatoms. The van der Waals surface area contributed by atoms with Gasteiger partial charge in [0, 0.05) is 13.6 Å². The van der Waals surface area contributed by atoms with Gasteiger partial charge in [0.1, 0.15) is 5.60 Å². The van der Waals surface area contributed by atoms with E-state index in [4.69, 9.17) is 42.3 Å². The second kappa shape index (κ2) is 22.7. The molecule has 0 bridgehead atoms. The van der Waals surface area contributed by atoms with E-state index in [1.54, 1.807) is 7.05 Å². The highest BCUT2D eigenvalue weighted by Gasteiger charge is 2.36. The monoisotopic (exact) mass is 597 g/mol. The minimum Gasteiger partial charge on any atom is -0.444 e. The molecule has 0 rings (SSSR count). The first-order chi connectivity index (χ1) is 18.8. The van der Waals surface area contributed by atoms with E-state index in [1.807, 2.05) is 20.8 Å². The molecule has 1 amide bonds. The number of amides is 1. The van der Waals surface area contributed by atoms with Gasteiger partial charge in [-0.15, -0.1) is 0 Å². The van der Waals surface area contributed by atoms with Crippen LogP contribution in [0.4, 0.5) is 4.79 Å². The number of ether oxygens (including phenoxy) is 8. The molecule has 0 spiro atoms. The summed E-state index contributed by atoms with van der Waals surface area (Å²) in [6.45, 7) is 24.9. The summed E-state index contributed by atoms with van der Waals surface area (Å²) in [5.41, 5.74) is -0.503. The molecule has 0 aliphatic heterocycles. The molecule has 0 N–H and O–H groups in total. The van der Waals surface area contributed by atoms with Crippen LogP contribution < -0.4 is 0 Å². The summed E-state index contributed by atoms with van der Waals surface area (Å²) in [5, 5.41) is 0.217. The Hall–Kier alpha value is -0.833. The number of rotatable bonds is 25. The average molecular weight is 598 g/mol. The molecule has 0 aliphatic carbocycles. The van der Waals surface area contributed by atoms with Crippen LogP contribution in [0.3, 0.4) is 0 Å². The first-order valence-electron chi connectivity index (χ1n) is 14.4. The first-order valence-corrected chi connectivity index (χ1v) is 17.3. The van der Waals surface area contributed by atoms with E-state index in [-0.39, 0.29) is 11.1 Å². The van der Waals surface area contributed by atoms with Gasteiger partial charge in [0.25, 0.3) is 0 Å². The van der Waals surface area contributed by atoms with Crippen LogP contribution in [0.2, 0.25) is 18.1 Å². The molecule has 0 aromatic heterocycles. The van der Waals surface area contributed by atoms with Crippen molar-refractivity contribution in [2.45, 2.75) is 65.3 Å². The van der Waals surface area contributed by atoms with Crippen molar-refractivity contribution in [1.29, 1.82) is 0 Å². The summed E-state index contributed by atoms with van der Waals surface area (Å²) in [4.78, 5) is 13.3. The number of hydrogen-bond donors (Lipinski definition) is 0. The molecule has 0 unspecified atom stereocenters. The molecule has 11 nitrogen and oxygen atoms in total. The summed E-state index contributed by atoms with van der Waals surface area (Å²) >= 11 is 0. The molecule has 0 atom stereocenters. The Kier molecular flexibility index (Phi) is 22.3. The van der Waals surface area contributed by atoms with Crippen LogP contribution in [0.5, 0.6) is 0 Å². The van der Waals surface area contributed by atoms with Gasteiger partial charge >= 0.3 is 6.09 Å². The van der Waals surface area contributed by atoms with Crippen LogP contribution in [-0.2, 0) is 42.3 Å². The lowest BCUT2D eigenvalue weighted by Gasteiger charge is -2.36. The normalized spacial score (nSPS) is 12.6. The van der Waals surface area contributed by atoms with Gasteiger partial charge in [-0.2, -0.15) is 0 Å². The maximum absolute atomic E-state index is 11.8. The zero-order valence-electron chi connectivity index (χ0n) is 26.8. The van der Waals surface area contributed by atoms with Crippen molar-refractivity contribution in [2.75, 3.05) is 113 Å². The molecule has 40 heavy (non-hydrogen) atoms. The smallest absolute Gasteiger partial charge is 0.410 e. The number of hydrogen-bond acceptors (Lipinski definition) is 10. The van der Waals surface area contributed by atoms with Gasteiger partial charge < -0.3 is 47.2 Å². The Labute approximate surface area is 244 Å². The topological polar surface area (TPSA) is 103 Å². The number of nitrogens with zero attached hydrogens (tertiary/aromatic N) is 1. The Morgan fingerprint density at radius 1 is 0.550 bits per heavy atom. The van der Waals surface area contributed by atoms with Crippen molar-refractivity contribution in [3.8, 4) is 0 Å². The second-order valence-electron chi connectivity index (χ2n) is 11.8. The fourth-order valence-electron chi connectivity index (χ4n) is 2.63. The summed E-state index contributed by atoms with van der Waals surface area (Å²) in [5.74, 6) is 0. The van der Waals surface area contributed by atoms with E-state index in [0.29, 0.717) is 106 Å². The molecule has 0 radical (unpaired) electrons. The lowest BCUT2D eigenvalue weighted by Crippen LogP contribution is -2.41. The largest absolute Gasteiger partial charge is 0.444 e. The molecular weight excluding hydrogens is 538 g/mol. The third kappa shape index (κ3) is 23.8. The van der Waals surface area contributed by atoms with E-state index >= 15 is 0 Å². The van der Waals surface area contributed by atoms with Gasteiger partial charge in [-0.1, -0.05) is 20.8 Å². The highest BCUT2D eigenvalue weighted by Crippen LogP contribution is 2.36. The molecule has 0 aromatic rings. The van der Waals surface area contributed by atoms with Crippen LogP contribution in [0.15, 0.2) is 0 Å². The summed E-state index contributed by atoms with van der Waals surface area (Å²) in [6, 6.07) is 0. The molecule has 0 saturated carbocycles. The Bertz CT molecular complexity index is 611. The first kappa shape index (κ1) is 39.2. The lowest BCUT2D eigenvalue weighted by atomic mass is 10.2. The van der Waals surface area contributed by atoms with Crippen molar-refractivity contribution >= 4 is 14.4 Å². The lowest BCUT2D eigenvalue weighted by molar-refractivity contribution is -0.0220. The third-order valence-electron chi connectivity index (χ3n) is 6.01. The van der Waals surface area contributed by atoms with Gasteiger partial charge in [0.2, 0.25) is 0 Å². The van der Waals surface area contributed by atoms with E-state index in [2.05, 4.69) is 33.9 Å². The minimum absolute atomic E-state index is 0.217. The van der Waals surface area contributed by atoms with Crippen molar-refractivity contribution in [1.82, 2.24) is 4.90 Å². The molecule has 0 aromatic carbocycles. The average Bonchev–Trinajstić information content (AvgIpc) is 2.84. The maximum Gasteiger partial charge on any atom is 0.410 e. The van der Waals surface area contributed by atoms with Crippen molar-refractivity contribution in [3.05, 3.63) is 0 Å². The third-order valence-corrected chi connectivity index (χ3v) is 10.5. The number of carbonyl (C=O) groups excluding carboxylic acids is 1. The minimum atomic E-state index is -1.70. The molecular formula is C28H59NO10Si. The summed E-state index contributed by atoms with van der Waals surface area (Å²) in [7, 11) is -0.0102. The van der Waals surface area contributed by atoms with E-state index in [9.17, 15) is 4.79 Å². The molecule has 0 heterocycles. The van der Waals surface area contributed by atoms with Crippen LogP contribution in [0.1, 0.15) is 41.5 Å². The predicted molar refractivity (Wildman–Crippen MR) is 158 cm³/mol. The van der Waals surface area contributed by atoms with Crippen LogP contribution in [0, 0.1) is 0 Å². The van der Waals surface area contributed by atoms with Gasteiger partial charge in [0.15, 0.2) is 8.32 Å². The predicted octanol–water partition coefficient (Wildman–Crippen LogP) is 3.99. The van der Waals surface area contributed by atoms with E-state index in [1.165, 1.54) is 4.90 Å². The Morgan fingerprint density at radius 2 is 0.850 bits per heavy atom. The van der Waals surface area contributed by atoms with Gasteiger partial charge in [-0.25, -0.2) is 4.79 Å². The Morgan fingerprint density at radius 3 is 1.15 bits per heavy atom. The fraction of sp³-hybridized carbons (Fsp3) is 0.964. The fourth-order valence-corrected chi connectivity index (χ4v) is 3.65. The highest BCUT2D eigenvalue weighted by atomic mass is 28.4. The van der Waals surface area contributed by atoms with Gasteiger partial charge in [-0.05, 0) is 38.9 Å².